The number of carbonyl (C=O) groups is 2. The number of amides is 1. The Hall–Kier alpha value is -1.89. The Balaban J connectivity index is 1.63. The molecule has 1 heterocycles. The van der Waals surface area contributed by atoms with Gasteiger partial charge >= 0.3 is 5.97 Å². The van der Waals surface area contributed by atoms with Gasteiger partial charge in [0.25, 0.3) is 5.91 Å². The van der Waals surface area contributed by atoms with Crippen LogP contribution in [0.5, 0.6) is 0 Å². The first kappa shape index (κ1) is 17.9. The first-order valence-electron chi connectivity index (χ1n) is 8.53. The molecule has 0 N–H and O–H groups in total. The van der Waals surface area contributed by atoms with Crippen LogP contribution in [-0.4, -0.2) is 55.4 Å². The van der Waals surface area contributed by atoms with Gasteiger partial charge in [0, 0.05) is 12.1 Å². The molecule has 0 radical (unpaired) electrons. The highest BCUT2D eigenvalue weighted by atomic mass is 32.2. The smallest absolute Gasteiger partial charge is 0.338 e. The van der Waals surface area contributed by atoms with Crippen molar-refractivity contribution < 1.29 is 22.7 Å². The Bertz CT molecular complexity index is 798. The standard InChI is InChI=1S/C18H23NO5S/c1-12-3-6-16(13(2)9-12)18(21)24-10-17(20)19(14-4-5-14)15-7-8-25(22,23)11-15/h3,6,9,14-15H,4-5,7-8,10-11H2,1-2H3/t15-/m0/s1. The summed E-state index contributed by atoms with van der Waals surface area (Å²) in [6.07, 6.45) is 2.23. The average Bonchev–Trinajstić information content (AvgIpc) is 3.29. The number of benzene rings is 1. The summed E-state index contributed by atoms with van der Waals surface area (Å²) in [6, 6.07) is 5.21. The number of esters is 1. The monoisotopic (exact) mass is 365 g/mol. The lowest BCUT2D eigenvalue weighted by atomic mass is 10.1. The number of nitrogens with zero attached hydrogens (tertiary/aromatic N) is 1. The topological polar surface area (TPSA) is 80.8 Å². The van der Waals surface area contributed by atoms with Gasteiger partial charge in [0.05, 0.1) is 17.1 Å². The predicted octanol–water partition coefficient (Wildman–Crippen LogP) is 1.64. The summed E-state index contributed by atoms with van der Waals surface area (Å²) in [4.78, 5) is 26.4. The van der Waals surface area contributed by atoms with Gasteiger partial charge in [0.2, 0.25) is 0 Å². The second kappa shape index (κ2) is 6.78. The molecule has 1 atom stereocenters. The number of rotatable bonds is 5. The van der Waals surface area contributed by atoms with Crippen LogP contribution < -0.4 is 0 Å². The van der Waals surface area contributed by atoms with E-state index in [1.165, 1.54) is 0 Å². The summed E-state index contributed by atoms with van der Waals surface area (Å²) in [5, 5.41) is 0. The van der Waals surface area contributed by atoms with E-state index < -0.39 is 15.8 Å². The summed E-state index contributed by atoms with van der Waals surface area (Å²) in [5.41, 5.74) is 2.30. The predicted molar refractivity (Wildman–Crippen MR) is 93.1 cm³/mol. The third kappa shape index (κ3) is 4.21. The minimum atomic E-state index is -3.07. The van der Waals surface area contributed by atoms with Gasteiger partial charge in [-0.15, -0.1) is 0 Å². The molecule has 0 unspecified atom stereocenters. The minimum Gasteiger partial charge on any atom is -0.452 e. The summed E-state index contributed by atoms with van der Waals surface area (Å²) < 4.78 is 28.6. The van der Waals surface area contributed by atoms with Crippen LogP contribution >= 0.6 is 0 Å². The number of aryl methyl sites for hydroxylation is 2. The fourth-order valence-electron chi connectivity index (χ4n) is 3.38. The van der Waals surface area contributed by atoms with Crippen LogP contribution in [0.4, 0.5) is 0 Å². The van der Waals surface area contributed by atoms with E-state index in [0.29, 0.717) is 12.0 Å². The highest BCUT2D eigenvalue weighted by Gasteiger charge is 2.42. The molecule has 6 nitrogen and oxygen atoms in total. The maximum atomic E-state index is 12.6. The van der Waals surface area contributed by atoms with E-state index in [9.17, 15) is 18.0 Å². The Labute approximate surface area is 148 Å². The summed E-state index contributed by atoms with van der Waals surface area (Å²) in [7, 11) is -3.07. The zero-order valence-corrected chi connectivity index (χ0v) is 15.3. The van der Waals surface area contributed by atoms with Crippen molar-refractivity contribution in [1.29, 1.82) is 0 Å². The minimum absolute atomic E-state index is 0.0141. The van der Waals surface area contributed by atoms with Crippen molar-refractivity contribution in [2.75, 3.05) is 18.1 Å². The fraction of sp³-hybridized carbons (Fsp3) is 0.556. The zero-order chi connectivity index (χ0) is 18.2. The maximum absolute atomic E-state index is 12.6. The van der Waals surface area contributed by atoms with Gasteiger partial charge in [0.1, 0.15) is 0 Å². The molecule has 25 heavy (non-hydrogen) atoms. The molecule has 7 heteroatoms. The average molecular weight is 365 g/mol. The first-order chi connectivity index (χ1) is 11.8. The van der Waals surface area contributed by atoms with Crippen LogP contribution in [0.3, 0.4) is 0 Å². The van der Waals surface area contributed by atoms with Gasteiger partial charge in [0.15, 0.2) is 16.4 Å². The second-order valence-corrected chi connectivity index (χ2v) is 9.21. The van der Waals surface area contributed by atoms with Gasteiger partial charge in [-0.2, -0.15) is 0 Å². The van der Waals surface area contributed by atoms with E-state index in [-0.39, 0.29) is 36.1 Å². The molecule has 0 spiro atoms. The fourth-order valence-corrected chi connectivity index (χ4v) is 5.09. The van der Waals surface area contributed by atoms with Crippen LogP contribution in [-0.2, 0) is 19.4 Å². The zero-order valence-electron chi connectivity index (χ0n) is 14.5. The molecule has 0 bridgehead atoms. The molecule has 1 amide bonds. The van der Waals surface area contributed by atoms with Crippen LogP contribution in [0.15, 0.2) is 18.2 Å². The van der Waals surface area contributed by atoms with Crippen molar-refractivity contribution in [3.63, 3.8) is 0 Å². The number of hydrogen-bond acceptors (Lipinski definition) is 5. The van der Waals surface area contributed by atoms with Crippen molar-refractivity contribution in [3.8, 4) is 0 Å². The molecule has 0 aromatic heterocycles. The van der Waals surface area contributed by atoms with Gasteiger partial charge < -0.3 is 9.64 Å². The molecule has 1 aromatic carbocycles. The molecule has 2 fully saturated rings. The van der Waals surface area contributed by atoms with Crippen molar-refractivity contribution in [2.45, 2.75) is 45.2 Å². The highest BCUT2D eigenvalue weighted by Crippen LogP contribution is 2.32. The first-order valence-corrected chi connectivity index (χ1v) is 10.3. The normalized spacial score (nSPS) is 21.8. The molecule has 3 rings (SSSR count). The third-order valence-corrected chi connectivity index (χ3v) is 6.51. The van der Waals surface area contributed by atoms with E-state index in [1.807, 2.05) is 26.0 Å². The quantitative estimate of drug-likeness (QED) is 0.741. The van der Waals surface area contributed by atoms with E-state index in [2.05, 4.69) is 0 Å². The number of ether oxygens (including phenoxy) is 1. The van der Waals surface area contributed by atoms with Crippen molar-refractivity contribution in [2.24, 2.45) is 0 Å². The van der Waals surface area contributed by atoms with Crippen molar-refractivity contribution in [1.82, 2.24) is 4.90 Å². The number of sulfone groups is 1. The molecular weight excluding hydrogens is 342 g/mol. The molecule has 1 aliphatic heterocycles. The Morgan fingerprint density at radius 3 is 2.44 bits per heavy atom. The van der Waals surface area contributed by atoms with E-state index in [0.717, 1.165) is 24.0 Å². The van der Waals surface area contributed by atoms with Crippen LogP contribution in [0, 0.1) is 13.8 Å². The number of carbonyl (C=O) groups excluding carboxylic acids is 2. The molecule has 1 saturated carbocycles. The molecule has 2 aliphatic rings. The summed E-state index contributed by atoms with van der Waals surface area (Å²) >= 11 is 0. The van der Waals surface area contributed by atoms with E-state index in [1.54, 1.807) is 11.0 Å². The van der Waals surface area contributed by atoms with Gasteiger partial charge in [-0.25, -0.2) is 13.2 Å². The molecular formula is C18H23NO5S. The van der Waals surface area contributed by atoms with Crippen molar-refractivity contribution >= 4 is 21.7 Å². The van der Waals surface area contributed by atoms with Gasteiger partial charge in [-0.3, -0.25) is 4.79 Å². The Morgan fingerprint density at radius 2 is 1.88 bits per heavy atom. The summed E-state index contributed by atoms with van der Waals surface area (Å²) in [5.74, 6) is -0.695. The van der Waals surface area contributed by atoms with Gasteiger partial charge in [-0.05, 0) is 44.7 Å². The van der Waals surface area contributed by atoms with Crippen molar-refractivity contribution in [3.05, 3.63) is 34.9 Å². The molecule has 1 saturated heterocycles. The second-order valence-electron chi connectivity index (χ2n) is 6.98. The largest absolute Gasteiger partial charge is 0.452 e. The highest BCUT2D eigenvalue weighted by molar-refractivity contribution is 7.91. The SMILES string of the molecule is Cc1ccc(C(=O)OCC(=O)N(C2CC2)[C@H]2CCS(=O)(=O)C2)c(C)c1. The maximum Gasteiger partial charge on any atom is 0.338 e. The van der Waals surface area contributed by atoms with Crippen LogP contribution in [0.25, 0.3) is 0 Å². The molecule has 1 aromatic rings. The van der Waals surface area contributed by atoms with Crippen LogP contribution in [0.2, 0.25) is 0 Å². The third-order valence-electron chi connectivity index (χ3n) is 4.76. The lowest BCUT2D eigenvalue weighted by Crippen LogP contribution is -2.44. The Morgan fingerprint density at radius 1 is 1.16 bits per heavy atom. The molecule has 1 aliphatic carbocycles. The molecule has 136 valence electrons. The lowest BCUT2D eigenvalue weighted by Gasteiger charge is -2.28. The van der Waals surface area contributed by atoms with Gasteiger partial charge in [-0.1, -0.05) is 17.7 Å². The van der Waals surface area contributed by atoms with E-state index in [4.69, 9.17) is 4.74 Å². The lowest BCUT2D eigenvalue weighted by molar-refractivity contribution is -0.137. The van der Waals surface area contributed by atoms with E-state index >= 15 is 0 Å². The van der Waals surface area contributed by atoms with Crippen LogP contribution in [0.1, 0.15) is 40.7 Å². The number of hydrogen-bond donors (Lipinski definition) is 0. The Kier molecular flexibility index (Phi) is 4.86. The summed E-state index contributed by atoms with van der Waals surface area (Å²) in [6.45, 7) is 3.42.